The number of carbonyl (C=O) groups excluding carboxylic acids is 1. The molecule has 0 spiro atoms. The molecule has 0 bridgehead atoms. The third kappa shape index (κ3) is 4.04. The quantitative estimate of drug-likeness (QED) is 0.720. The van der Waals surface area contributed by atoms with E-state index in [1.54, 1.807) is 6.07 Å². The Morgan fingerprint density at radius 1 is 1.44 bits per heavy atom. The summed E-state index contributed by atoms with van der Waals surface area (Å²) >= 11 is 0. The summed E-state index contributed by atoms with van der Waals surface area (Å²) in [5.74, 6) is -1.39. The molecule has 6 heteroatoms. The van der Waals surface area contributed by atoms with Crippen LogP contribution in [0.15, 0.2) is 18.3 Å². The van der Waals surface area contributed by atoms with Gasteiger partial charge in [-0.3, -0.25) is 4.79 Å². The van der Waals surface area contributed by atoms with Crippen molar-refractivity contribution < 1.29 is 14.7 Å². The number of aliphatic carboxylic acids is 1. The van der Waals surface area contributed by atoms with Crippen molar-refractivity contribution in [2.45, 2.75) is 26.3 Å². The van der Waals surface area contributed by atoms with E-state index in [-0.39, 0.29) is 11.6 Å². The van der Waals surface area contributed by atoms with Crippen molar-refractivity contribution in [2.24, 2.45) is 5.92 Å². The molecule has 1 atom stereocenters. The topological polar surface area (TPSA) is 105 Å². The number of pyridine rings is 1. The average molecular weight is 251 g/mol. The van der Waals surface area contributed by atoms with Gasteiger partial charge in [-0.15, -0.1) is 0 Å². The predicted octanol–water partition coefficient (Wildman–Crippen LogP) is 0.893. The SMILES string of the molecule is CC(C)CC(NC(=O)c1ccc(N)cn1)C(=O)O. The normalized spacial score (nSPS) is 12.2. The number of nitrogens with two attached hydrogens (primary N) is 1. The number of nitrogen functional groups attached to an aromatic ring is 1. The second-order valence-corrected chi connectivity index (χ2v) is 4.47. The molecule has 98 valence electrons. The van der Waals surface area contributed by atoms with E-state index in [1.165, 1.54) is 12.3 Å². The molecule has 1 aromatic rings. The first-order valence-electron chi connectivity index (χ1n) is 5.65. The summed E-state index contributed by atoms with van der Waals surface area (Å²) in [5, 5.41) is 11.4. The molecule has 0 saturated heterocycles. The summed E-state index contributed by atoms with van der Waals surface area (Å²) in [5.41, 5.74) is 6.05. The zero-order chi connectivity index (χ0) is 13.7. The van der Waals surface area contributed by atoms with E-state index in [4.69, 9.17) is 10.8 Å². The van der Waals surface area contributed by atoms with Crippen LogP contribution in [-0.2, 0) is 4.79 Å². The van der Waals surface area contributed by atoms with Crippen molar-refractivity contribution in [1.82, 2.24) is 10.3 Å². The van der Waals surface area contributed by atoms with E-state index in [0.717, 1.165) is 0 Å². The van der Waals surface area contributed by atoms with Gasteiger partial charge in [0, 0.05) is 0 Å². The van der Waals surface area contributed by atoms with Crippen LogP contribution < -0.4 is 11.1 Å². The van der Waals surface area contributed by atoms with E-state index < -0.39 is 17.9 Å². The molecular weight excluding hydrogens is 234 g/mol. The van der Waals surface area contributed by atoms with Gasteiger partial charge < -0.3 is 16.2 Å². The molecule has 4 N–H and O–H groups in total. The Bertz CT molecular complexity index is 429. The maximum atomic E-state index is 11.8. The van der Waals surface area contributed by atoms with E-state index in [9.17, 15) is 9.59 Å². The van der Waals surface area contributed by atoms with E-state index in [0.29, 0.717) is 12.1 Å². The van der Waals surface area contributed by atoms with Crippen LogP contribution in [0.25, 0.3) is 0 Å². The van der Waals surface area contributed by atoms with Gasteiger partial charge >= 0.3 is 5.97 Å². The highest BCUT2D eigenvalue weighted by Crippen LogP contribution is 2.07. The molecule has 6 nitrogen and oxygen atoms in total. The van der Waals surface area contributed by atoms with Crippen LogP contribution in [-0.4, -0.2) is 28.0 Å². The fourth-order valence-electron chi connectivity index (χ4n) is 1.46. The molecule has 0 aliphatic heterocycles. The van der Waals surface area contributed by atoms with Crippen molar-refractivity contribution in [3.05, 3.63) is 24.0 Å². The van der Waals surface area contributed by atoms with Gasteiger partial charge in [-0.25, -0.2) is 9.78 Å². The Morgan fingerprint density at radius 3 is 2.56 bits per heavy atom. The lowest BCUT2D eigenvalue weighted by molar-refractivity contribution is -0.139. The number of hydrogen-bond donors (Lipinski definition) is 3. The Kier molecular flexibility index (Phi) is 4.65. The first kappa shape index (κ1) is 14.0. The predicted molar refractivity (Wildman–Crippen MR) is 67.0 cm³/mol. The monoisotopic (exact) mass is 251 g/mol. The molecule has 1 amide bonds. The van der Waals surface area contributed by atoms with Gasteiger partial charge in [-0.05, 0) is 24.5 Å². The minimum Gasteiger partial charge on any atom is -0.480 e. The standard InChI is InChI=1S/C12H17N3O3/c1-7(2)5-10(12(17)18)15-11(16)9-4-3-8(13)6-14-9/h3-4,6-7,10H,5,13H2,1-2H3,(H,15,16)(H,17,18). The molecular formula is C12H17N3O3. The van der Waals surface area contributed by atoms with Crippen molar-refractivity contribution in [3.63, 3.8) is 0 Å². The number of amides is 1. The van der Waals surface area contributed by atoms with Gasteiger partial charge in [-0.1, -0.05) is 13.8 Å². The van der Waals surface area contributed by atoms with Crippen molar-refractivity contribution >= 4 is 17.6 Å². The summed E-state index contributed by atoms with van der Waals surface area (Å²) in [4.78, 5) is 26.6. The first-order chi connectivity index (χ1) is 8.40. The van der Waals surface area contributed by atoms with E-state index >= 15 is 0 Å². The fraction of sp³-hybridized carbons (Fsp3) is 0.417. The summed E-state index contributed by atoms with van der Waals surface area (Å²) in [6, 6.07) is 2.09. The number of carbonyl (C=O) groups is 2. The van der Waals surface area contributed by atoms with Crippen LogP contribution in [0, 0.1) is 5.92 Å². The van der Waals surface area contributed by atoms with Crippen LogP contribution in [0.4, 0.5) is 5.69 Å². The van der Waals surface area contributed by atoms with E-state index in [2.05, 4.69) is 10.3 Å². The number of hydrogen-bond acceptors (Lipinski definition) is 4. The molecule has 1 aromatic heterocycles. The molecule has 1 unspecified atom stereocenters. The van der Waals surface area contributed by atoms with Crippen molar-refractivity contribution in [1.29, 1.82) is 0 Å². The lowest BCUT2D eigenvalue weighted by Gasteiger charge is -2.16. The smallest absolute Gasteiger partial charge is 0.326 e. The number of rotatable bonds is 5. The Hall–Kier alpha value is -2.11. The molecule has 1 heterocycles. The minimum atomic E-state index is -1.05. The lowest BCUT2D eigenvalue weighted by Crippen LogP contribution is -2.41. The van der Waals surface area contributed by atoms with Gasteiger partial charge in [0.25, 0.3) is 5.91 Å². The second-order valence-electron chi connectivity index (χ2n) is 4.47. The molecule has 0 aliphatic rings. The molecule has 18 heavy (non-hydrogen) atoms. The maximum Gasteiger partial charge on any atom is 0.326 e. The molecule has 0 fully saturated rings. The Balaban J connectivity index is 2.72. The van der Waals surface area contributed by atoms with E-state index in [1.807, 2.05) is 13.8 Å². The van der Waals surface area contributed by atoms with Gasteiger partial charge in [-0.2, -0.15) is 0 Å². The second kappa shape index (κ2) is 6.00. The Morgan fingerprint density at radius 2 is 2.11 bits per heavy atom. The zero-order valence-electron chi connectivity index (χ0n) is 10.4. The number of aromatic nitrogens is 1. The summed E-state index contributed by atoms with van der Waals surface area (Å²) < 4.78 is 0. The number of carboxylic acid groups (broad SMARTS) is 1. The molecule has 0 aromatic carbocycles. The highest BCUT2D eigenvalue weighted by molar-refractivity contribution is 5.95. The van der Waals surface area contributed by atoms with Gasteiger partial charge in [0.05, 0.1) is 11.9 Å². The van der Waals surface area contributed by atoms with Gasteiger partial charge in [0.1, 0.15) is 11.7 Å². The first-order valence-corrected chi connectivity index (χ1v) is 5.65. The molecule has 0 aliphatic carbocycles. The largest absolute Gasteiger partial charge is 0.480 e. The average Bonchev–Trinajstić information content (AvgIpc) is 2.28. The number of carboxylic acids is 1. The minimum absolute atomic E-state index is 0.152. The summed E-state index contributed by atoms with van der Waals surface area (Å²) in [7, 11) is 0. The number of anilines is 1. The molecule has 0 saturated carbocycles. The van der Waals surface area contributed by atoms with Crippen LogP contribution in [0.2, 0.25) is 0 Å². The zero-order valence-corrected chi connectivity index (χ0v) is 10.4. The third-order valence-corrected chi connectivity index (χ3v) is 2.33. The summed E-state index contributed by atoms with van der Waals surface area (Å²) in [6.45, 7) is 3.78. The molecule has 1 rings (SSSR count). The van der Waals surface area contributed by atoms with Crippen LogP contribution >= 0.6 is 0 Å². The Labute approximate surface area is 105 Å². The lowest BCUT2D eigenvalue weighted by atomic mass is 10.0. The maximum absolute atomic E-state index is 11.8. The highest BCUT2D eigenvalue weighted by Gasteiger charge is 2.22. The van der Waals surface area contributed by atoms with Crippen LogP contribution in [0.5, 0.6) is 0 Å². The highest BCUT2D eigenvalue weighted by atomic mass is 16.4. The van der Waals surface area contributed by atoms with Crippen LogP contribution in [0.1, 0.15) is 30.8 Å². The number of nitrogens with zero attached hydrogens (tertiary/aromatic N) is 1. The molecule has 0 radical (unpaired) electrons. The van der Waals surface area contributed by atoms with Crippen LogP contribution in [0.3, 0.4) is 0 Å². The van der Waals surface area contributed by atoms with Crippen molar-refractivity contribution in [3.8, 4) is 0 Å². The van der Waals surface area contributed by atoms with Gasteiger partial charge in [0.15, 0.2) is 0 Å². The van der Waals surface area contributed by atoms with Gasteiger partial charge in [0.2, 0.25) is 0 Å². The third-order valence-electron chi connectivity index (χ3n) is 2.33. The summed E-state index contributed by atoms with van der Waals surface area (Å²) in [6.07, 6.45) is 1.73. The number of nitrogens with one attached hydrogen (secondary N) is 1. The van der Waals surface area contributed by atoms with Crippen molar-refractivity contribution in [2.75, 3.05) is 5.73 Å². The fourth-order valence-corrected chi connectivity index (χ4v) is 1.46.